The van der Waals surface area contributed by atoms with Crippen molar-refractivity contribution in [3.63, 3.8) is 0 Å². The normalized spacial score (nSPS) is 12.4. The van der Waals surface area contributed by atoms with E-state index in [0.717, 1.165) is 12.1 Å². The maximum absolute atomic E-state index is 6.09. The molecular weight excluding hydrogens is 277 g/mol. The van der Waals surface area contributed by atoms with Crippen LogP contribution in [0, 0.1) is 0 Å². The van der Waals surface area contributed by atoms with Crippen LogP contribution in [0.3, 0.4) is 0 Å². The SMILES string of the molecule is CCNC(C)c1ccccc1-c1cc(Cl)cc(Cl)c1. The molecule has 2 aromatic rings. The third kappa shape index (κ3) is 3.50. The predicted molar refractivity (Wildman–Crippen MR) is 84.0 cm³/mol. The van der Waals surface area contributed by atoms with Gasteiger partial charge in [0.15, 0.2) is 0 Å². The lowest BCUT2D eigenvalue weighted by Crippen LogP contribution is -2.18. The van der Waals surface area contributed by atoms with E-state index >= 15 is 0 Å². The third-order valence-electron chi connectivity index (χ3n) is 3.11. The number of hydrogen-bond acceptors (Lipinski definition) is 1. The largest absolute Gasteiger partial charge is 0.310 e. The molecule has 1 nitrogen and oxygen atoms in total. The van der Waals surface area contributed by atoms with Gasteiger partial charge in [0.25, 0.3) is 0 Å². The second-order valence-electron chi connectivity index (χ2n) is 4.52. The maximum Gasteiger partial charge on any atom is 0.0426 e. The molecule has 0 spiro atoms. The summed E-state index contributed by atoms with van der Waals surface area (Å²) in [5, 5.41) is 4.76. The van der Waals surface area contributed by atoms with E-state index in [4.69, 9.17) is 23.2 Å². The Labute approximate surface area is 124 Å². The van der Waals surface area contributed by atoms with Crippen molar-refractivity contribution in [2.24, 2.45) is 0 Å². The van der Waals surface area contributed by atoms with Gasteiger partial charge in [0, 0.05) is 16.1 Å². The first-order chi connectivity index (χ1) is 9.11. The van der Waals surface area contributed by atoms with Crippen molar-refractivity contribution < 1.29 is 0 Å². The summed E-state index contributed by atoms with van der Waals surface area (Å²) in [6.45, 7) is 5.20. The Morgan fingerprint density at radius 3 is 2.32 bits per heavy atom. The van der Waals surface area contributed by atoms with E-state index in [1.165, 1.54) is 11.1 Å². The minimum atomic E-state index is 0.291. The van der Waals surface area contributed by atoms with Crippen LogP contribution in [0.15, 0.2) is 42.5 Å². The van der Waals surface area contributed by atoms with Crippen LogP contribution in [0.1, 0.15) is 25.5 Å². The minimum Gasteiger partial charge on any atom is -0.310 e. The van der Waals surface area contributed by atoms with E-state index in [9.17, 15) is 0 Å². The molecule has 0 radical (unpaired) electrons. The summed E-state index contributed by atoms with van der Waals surface area (Å²) in [6.07, 6.45) is 0. The van der Waals surface area contributed by atoms with Crippen molar-refractivity contribution in [1.29, 1.82) is 0 Å². The van der Waals surface area contributed by atoms with Gasteiger partial charge >= 0.3 is 0 Å². The molecule has 1 N–H and O–H groups in total. The molecule has 19 heavy (non-hydrogen) atoms. The van der Waals surface area contributed by atoms with Crippen LogP contribution in [0.4, 0.5) is 0 Å². The highest BCUT2D eigenvalue weighted by Crippen LogP contribution is 2.32. The van der Waals surface area contributed by atoms with Crippen molar-refractivity contribution in [1.82, 2.24) is 5.32 Å². The Morgan fingerprint density at radius 1 is 1.05 bits per heavy atom. The molecule has 0 saturated carbocycles. The van der Waals surface area contributed by atoms with E-state index < -0.39 is 0 Å². The summed E-state index contributed by atoms with van der Waals surface area (Å²) in [5.41, 5.74) is 3.47. The van der Waals surface area contributed by atoms with Crippen LogP contribution in [0.25, 0.3) is 11.1 Å². The smallest absolute Gasteiger partial charge is 0.0426 e. The first kappa shape index (κ1) is 14.4. The molecule has 0 aliphatic heterocycles. The van der Waals surface area contributed by atoms with E-state index in [1.54, 1.807) is 6.07 Å². The zero-order chi connectivity index (χ0) is 13.8. The molecule has 1 atom stereocenters. The fourth-order valence-electron chi connectivity index (χ4n) is 2.26. The number of rotatable bonds is 4. The number of nitrogens with one attached hydrogen (secondary N) is 1. The Hall–Kier alpha value is -1.02. The molecule has 0 aromatic heterocycles. The first-order valence-electron chi connectivity index (χ1n) is 6.40. The first-order valence-corrected chi connectivity index (χ1v) is 7.16. The summed E-state index contributed by atoms with van der Waals surface area (Å²) >= 11 is 12.2. The van der Waals surface area contributed by atoms with Gasteiger partial charge in [-0.1, -0.05) is 54.4 Å². The van der Waals surface area contributed by atoms with Crippen molar-refractivity contribution in [3.05, 3.63) is 58.1 Å². The number of benzene rings is 2. The van der Waals surface area contributed by atoms with E-state index in [-0.39, 0.29) is 0 Å². The molecule has 0 aliphatic rings. The Bertz CT molecular complexity index is 546. The summed E-state index contributed by atoms with van der Waals surface area (Å²) in [4.78, 5) is 0. The Morgan fingerprint density at radius 2 is 1.68 bits per heavy atom. The monoisotopic (exact) mass is 293 g/mol. The molecule has 2 rings (SSSR count). The van der Waals surface area contributed by atoms with Crippen molar-refractivity contribution >= 4 is 23.2 Å². The molecule has 0 saturated heterocycles. The number of halogens is 2. The van der Waals surface area contributed by atoms with Crippen LogP contribution >= 0.6 is 23.2 Å². The molecule has 0 fully saturated rings. The summed E-state index contributed by atoms with van der Waals surface area (Å²) in [7, 11) is 0. The van der Waals surface area contributed by atoms with Crippen LogP contribution in [-0.2, 0) is 0 Å². The molecular formula is C16H17Cl2N. The van der Waals surface area contributed by atoms with Gasteiger partial charge in [-0.15, -0.1) is 0 Å². The van der Waals surface area contributed by atoms with Gasteiger partial charge < -0.3 is 5.32 Å². The van der Waals surface area contributed by atoms with Crippen molar-refractivity contribution in [2.75, 3.05) is 6.54 Å². The van der Waals surface area contributed by atoms with Gasteiger partial charge in [-0.3, -0.25) is 0 Å². The summed E-state index contributed by atoms with van der Waals surface area (Å²) in [5.74, 6) is 0. The Kier molecular flexibility index (Phi) is 4.87. The van der Waals surface area contributed by atoms with E-state index in [1.807, 2.05) is 18.2 Å². The molecule has 0 bridgehead atoms. The lowest BCUT2D eigenvalue weighted by Gasteiger charge is -2.17. The zero-order valence-corrected chi connectivity index (χ0v) is 12.6. The quantitative estimate of drug-likeness (QED) is 0.803. The molecule has 2 aromatic carbocycles. The molecule has 0 aliphatic carbocycles. The van der Waals surface area contributed by atoms with E-state index in [2.05, 4.69) is 37.4 Å². The van der Waals surface area contributed by atoms with E-state index in [0.29, 0.717) is 16.1 Å². The van der Waals surface area contributed by atoms with Crippen LogP contribution in [0.2, 0.25) is 10.0 Å². The topological polar surface area (TPSA) is 12.0 Å². The third-order valence-corrected chi connectivity index (χ3v) is 3.55. The zero-order valence-electron chi connectivity index (χ0n) is 11.1. The van der Waals surface area contributed by atoms with Crippen molar-refractivity contribution in [3.8, 4) is 11.1 Å². The summed E-state index contributed by atoms with van der Waals surface area (Å²) in [6, 6.07) is 14.3. The summed E-state index contributed by atoms with van der Waals surface area (Å²) < 4.78 is 0. The van der Waals surface area contributed by atoms with Gasteiger partial charge in [-0.05, 0) is 48.4 Å². The lowest BCUT2D eigenvalue weighted by atomic mass is 9.95. The predicted octanol–water partition coefficient (Wildman–Crippen LogP) is 5.33. The molecule has 1 unspecified atom stereocenters. The van der Waals surface area contributed by atoms with Crippen LogP contribution in [-0.4, -0.2) is 6.54 Å². The number of hydrogen-bond donors (Lipinski definition) is 1. The van der Waals surface area contributed by atoms with Gasteiger partial charge in [-0.25, -0.2) is 0 Å². The Balaban J connectivity index is 2.49. The molecule has 100 valence electrons. The highest BCUT2D eigenvalue weighted by Gasteiger charge is 2.11. The highest BCUT2D eigenvalue weighted by molar-refractivity contribution is 6.35. The average molecular weight is 294 g/mol. The van der Waals surface area contributed by atoms with Gasteiger partial charge in [-0.2, -0.15) is 0 Å². The standard InChI is InChI=1S/C16H17Cl2N/c1-3-19-11(2)15-6-4-5-7-16(15)12-8-13(17)10-14(18)9-12/h4-11,19H,3H2,1-2H3. The molecule has 0 amide bonds. The lowest BCUT2D eigenvalue weighted by molar-refractivity contribution is 0.599. The van der Waals surface area contributed by atoms with Crippen LogP contribution < -0.4 is 5.32 Å². The van der Waals surface area contributed by atoms with Gasteiger partial charge in [0.05, 0.1) is 0 Å². The molecule has 3 heteroatoms. The average Bonchev–Trinajstić information content (AvgIpc) is 2.38. The fourth-order valence-corrected chi connectivity index (χ4v) is 2.79. The van der Waals surface area contributed by atoms with Crippen LogP contribution in [0.5, 0.6) is 0 Å². The highest BCUT2D eigenvalue weighted by atomic mass is 35.5. The second-order valence-corrected chi connectivity index (χ2v) is 5.40. The van der Waals surface area contributed by atoms with Crippen molar-refractivity contribution in [2.45, 2.75) is 19.9 Å². The maximum atomic E-state index is 6.09. The molecule has 0 heterocycles. The second kappa shape index (κ2) is 6.42. The fraction of sp³-hybridized carbons (Fsp3) is 0.250. The van der Waals surface area contributed by atoms with Gasteiger partial charge in [0.2, 0.25) is 0 Å². The van der Waals surface area contributed by atoms with Gasteiger partial charge in [0.1, 0.15) is 0 Å². The minimum absolute atomic E-state index is 0.291.